The van der Waals surface area contributed by atoms with Gasteiger partial charge in [-0.05, 0) is 31.7 Å². The van der Waals surface area contributed by atoms with E-state index in [1.165, 1.54) is 0 Å². The molecule has 4 N–H and O–H groups in total. The molecule has 6 aliphatic rings. The van der Waals surface area contributed by atoms with Crippen LogP contribution in [0.3, 0.4) is 0 Å². The van der Waals surface area contributed by atoms with E-state index in [9.17, 15) is 20.4 Å². The second kappa shape index (κ2) is 6.88. The molecule has 0 radical (unpaired) electrons. The third kappa shape index (κ3) is 2.07. The van der Waals surface area contributed by atoms with Crippen LogP contribution in [-0.2, 0) is 14.2 Å². The molecule has 6 fully saturated rings. The topological polar surface area (TPSA) is 112 Å². The van der Waals surface area contributed by atoms with Crippen molar-refractivity contribution < 1.29 is 34.6 Å². The minimum atomic E-state index is -1.54. The fourth-order valence-corrected chi connectivity index (χ4v) is 10.7. The van der Waals surface area contributed by atoms with Crippen LogP contribution in [0.4, 0.5) is 0 Å². The summed E-state index contributed by atoms with van der Waals surface area (Å²) in [7, 11) is 4.98. The van der Waals surface area contributed by atoms with Crippen LogP contribution in [0.25, 0.3) is 0 Å². The van der Waals surface area contributed by atoms with Gasteiger partial charge in [-0.2, -0.15) is 0 Å². The number of ether oxygens (including phenoxy) is 3. The molecule has 5 aliphatic carbocycles. The van der Waals surface area contributed by atoms with E-state index < -0.39 is 47.3 Å². The molecule has 1 heterocycles. The molecule has 0 aromatic heterocycles. The molecule has 0 aromatic carbocycles. The molecule has 32 heavy (non-hydrogen) atoms. The van der Waals surface area contributed by atoms with Crippen molar-refractivity contribution in [3.63, 3.8) is 0 Å². The standard InChI is InChI=1S/C24H39NO7/c1-5-25-9-22(10-30-2)7-6-13(26)23-12-8-11-16(27)14(12)24(29,21(28)17(11)31-3)15(20(23)25)18(32-4)19(22)23/h11-21,26-29H,5-10H2,1-4H3/t11?,12?,13?,14?,15?,16?,17?,18?,19?,20-,21-,22-,23?,24+/m0/s1. The van der Waals surface area contributed by atoms with Gasteiger partial charge in [-0.15, -0.1) is 0 Å². The Hall–Kier alpha value is -0.320. The van der Waals surface area contributed by atoms with Gasteiger partial charge in [-0.1, -0.05) is 6.92 Å². The molecular weight excluding hydrogens is 414 g/mol. The van der Waals surface area contributed by atoms with Crippen LogP contribution in [0, 0.1) is 40.4 Å². The number of nitrogens with zero attached hydrogens (tertiary/aromatic N) is 1. The minimum Gasteiger partial charge on any atom is -0.392 e. The van der Waals surface area contributed by atoms with Gasteiger partial charge in [0.2, 0.25) is 0 Å². The van der Waals surface area contributed by atoms with E-state index >= 15 is 0 Å². The van der Waals surface area contributed by atoms with Crippen molar-refractivity contribution >= 4 is 0 Å². The van der Waals surface area contributed by atoms with Gasteiger partial charge in [0.15, 0.2) is 0 Å². The lowest BCUT2D eigenvalue weighted by atomic mass is 9.43. The van der Waals surface area contributed by atoms with Gasteiger partial charge in [-0.3, -0.25) is 4.90 Å². The molecule has 1 spiro atoms. The van der Waals surface area contributed by atoms with Crippen molar-refractivity contribution in [3.05, 3.63) is 0 Å². The number of fused-ring (bicyclic) bond motifs is 2. The van der Waals surface area contributed by atoms with Gasteiger partial charge < -0.3 is 34.6 Å². The van der Waals surface area contributed by atoms with E-state index in [2.05, 4.69) is 11.8 Å². The molecule has 10 unspecified atom stereocenters. The fourth-order valence-electron chi connectivity index (χ4n) is 10.7. The van der Waals surface area contributed by atoms with E-state index in [0.29, 0.717) is 19.4 Å². The number of rotatable bonds is 5. The van der Waals surface area contributed by atoms with Crippen molar-refractivity contribution in [1.82, 2.24) is 4.90 Å². The first kappa shape index (κ1) is 22.2. The molecule has 7 bridgehead atoms. The first-order chi connectivity index (χ1) is 15.3. The maximum atomic E-state index is 12.5. The van der Waals surface area contributed by atoms with Crippen molar-refractivity contribution in [2.75, 3.05) is 41.0 Å². The molecule has 6 rings (SSSR count). The molecule has 0 aromatic rings. The van der Waals surface area contributed by atoms with E-state index in [4.69, 9.17) is 14.2 Å². The quantitative estimate of drug-likeness (QED) is 0.440. The Morgan fingerprint density at radius 2 is 1.75 bits per heavy atom. The van der Waals surface area contributed by atoms with Crippen molar-refractivity contribution in [1.29, 1.82) is 0 Å². The van der Waals surface area contributed by atoms with Crippen LogP contribution in [0.2, 0.25) is 0 Å². The number of hydrogen-bond donors (Lipinski definition) is 4. The average molecular weight is 454 g/mol. The molecule has 8 nitrogen and oxygen atoms in total. The maximum Gasteiger partial charge on any atom is 0.110 e. The second-order valence-electron chi connectivity index (χ2n) is 11.6. The normalized spacial score (nSPS) is 62.4. The fraction of sp³-hybridized carbons (Fsp3) is 1.00. The lowest BCUT2D eigenvalue weighted by Crippen LogP contribution is -2.78. The minimum absolute atomic E-state index is 0.000250. The maximum absolute atomic E-state index is 12.5. The largest absolute Gasteiger partial charge is 0.392 e. The summed E-state index contributed by atoms with van der Waals surface area (Å²) in [4.78, 5) is 2.42. The summed E-state index contributed by atoms with van der Waals surface area (Å²) >= 11 is 0. The monoisotopic (exact) mass is 453 g/mol. The number of hydrogen-bond acceptors (Lipinski definition) is 8. The molecule has 1 saturated heterocycles. The number of aliphatic hydroxyl groups is 4. The van der Waals surface area contributed by atoms with Crippen LogP contribution in [0.1, 0.15) is 26.2 Å². The highest BCUT2D eigenvalue weighted by molar-refractivity contribution is 5.36. The van der Waals surface area contributed by atoms with E-state index in [-0.39, 0.29) is 35.3 Å². The van der Waals surface area contributed by atoms with Crippen LogP contribution >= 0.6 is 0 Å². The highest BCUT2D eigenvalue weighted by Gasteiger charge is 2.87. The first-order valence-electron chi connectivity index (χ1n) is 12.3. The Kier molecular flexibility index (Phi) is 4.76. The Labute approximate surface area is 189 Å². The zero-order valence-corrected chi connectivity index (χ0v) is 19.6. The second-order valence-corrected chi connectivity index (χ2v) is 11.6. The zero-order chi connectivity index (χ0) is 22.8. The van der Waals surface area contributed by atoms with E-state index in [1.54, 1.807) is 21.3 Å². The van der Waals surface area contributed by atoms with Crippen molar-refractivity contribution in [2.24, 2.45) is 40.4 Å². The summed E-state index contributed by atoms with van der Waals surface area (Å²) in [5, 5.41) is 47.3. The SMILES string of the molecule is CCN1C[C@]2(COC)CCC(O)C34C5CC6C(O)C5[C@@](O)(C(C(OC)C32)[C@H]14)[C@@H](O)C6OC. The van der Waals surface area contributed by atoms with Gasteiger partial charge in [0.05, 0.1) is 31.0 Å². The van der Waals surface area contributed by atoms with Crippen molar-refractivity contribution in [3.8, 4) is 0 Å². The van der Waals surface area contributed by atoms with Crippen LogP contribution in [0.5, 0.6) is 0 Å². The molecule has 8 heteroatoms. The Morgan fingerprint density at radius 1 is 1.03 bits per heavy atom. The average Bonchev–Trinajstić information content (AvgIpc) is 3.19. The van der Waals surface area contributed by atoms with E-state index in [0.717, 1.165) is 19.5 Å². The van der Waals surface area contributed by atoms with Crippen LogP contribution in [-0.4, -0.2) is 109 Å². The highest BCUT2D eigenvalue weighted by Crippen LogP contribution is 2.79. The third-order valence-electron chi connectivity index (χ3n) is 11.2. The zero-order valence-electron chi connectivity index (χ0n) is 19.6. The predicted octanol–water partition coefficient (Wildman–Crippen LogP) is -0.527. The molecule has 182 valence electrons. The van der Waals surface area contributed by atoms with Gasteiger partial charge in [0.1, 0.15) is 11.7 Å². The number of aliphatic hydroxyl groups excluding tert-OH is 3. The molecule has 0 amide bonds. The first-order valence-corrected chi connectivity index (χ1v) is 12.3. The molecule has 14 atom stereocenters. The molecule has 1 aliphatic heterocycles. The lowest BCUT2D eigenvalue weighted by molar-refractivity contribution is -0.297. The van der Waals surface area contributed by atoms with Gasteiger partial charge in [0.25, 0.3) is 0 Å². The summed E-state index contributed by atoms with van der Waals surface area (Å²) in [5.74, 6) is -1.29. The van der Waals surface area contributed by atoms with Gasteiger partial charge >= 0.3 is 0 Å². The van der Waals surface area contributed by atoms with Crippen LogP contribution < -0.4 is 0 Å². The lowest BCUT2D eigenvalue weighted by Gasteiger charge is -2.69. The Bertz CT molecular complexity index is 783. The van der Waals surface area contributed by atoms with Crippen LogP contribution in [0.15, 0.2) is 0 Å². The number of methoxy groups -OCH3 is 3. The summed E-state index contributed by atoms with van der Waals surface area (Å²) in [5.41, 5.74) is -2.24. The predicted molar refractivity (Wildman–Crippen MR) is 114 cm³/mol. The molecule has 5 saturated carbocycles. The van der Waals surface area contributed by atoms with Gasteiger partial charge in [0, 0.05) is 68.4 Å². The summed E-state index contributed by atoms with van der Waals surface area (Å²) < 4.78 is 17.7. The Balaban J connectivity index is 1.64. The third-order valence-corrected chi connectivity index (χ3v) is 11.2. The van der Waals surface area contributed by atoms with E-state index in [1.807, 2.05) is 0 Å². The summed E-state index contributed by atoms with van der Waals surface area (Å²) in [6, 6.07) is -0.120. The molecular formula is C24H39NO7. The Morgan fingerprint density at radius 3 is 2.38 bits per heavy atom. The highest BCUT2D eigenvalue weighted by atomic mass is 16.5. The number of piperidine rings is 1. The van der Waals surface area contributed by atoms with Crippen molar-refractivity contribution in [2.45, 2.75) is 68.3 Å². The summed E-state index contributed by atoms with van der Waals surface area (Å²) in [6.07, 6.45) is -1.22. The smallest absolute Gasteiger partial charge is 0.110 e. The summed E-state index contributed by atoms with van der Waals surface area (Å²) in [6.45, 7) is 4.33. The number of likely N-dealkylation sites (tertiary alicyclic amines) is 1. The van der Waals surface area contributed by atoms with Gasteiger partial charge in [-0.25, -0.2) is 0 Å².